The van der Waals surface area contributed by atoms with Gasteiger partial charge in [-0.25, -0.2) is 0 Å². The van der Waals surface area contributed by atoms with E-state index in [-0.39, 0.29) is 6.04 Å². The van der Waals surface area contributed by atoms with Crippen molar-refractivity contribution in [1.82, 2.24) is 14.6 Å². The highest BCUT2D eigenvalue weighted by Crippen LogP contribution is 2.33. The van der Waals surface area contributed by atoms with E-state index in [0.717, 1.165) is 60.9 Å². The number of ether oxygens (including phenoxy) is 3. The van der Waals surface area contributed by atoms with Gasteiger partial charge < -0.3 is 23.7 Å². The first-order valence-electron chi connectivity index (χ1n) is 12.7. The van der Waals surface area contributed by atoms with E-state index in [4.69, 9.17) is 14.2 Å². The number of nitrogens with one attached hydrogen (secondary N) is 1. The summed E-state index contributed by atoms with van der Waals surface area (Å²) < 4.78 is 33.0. The Hall–Kier alpha value is -3.03. The fourth-order valence-electron chi connectivity index (χ4n) is 5.22. The smallest absolute Gasteiger partial charge is 0.177 e. The molecule has 194 valence electrons. The van der Waals surface area contributed by atoms with Gasteiger partial charge in [-0.05, 0) is 68.6 Å². The molecule has 2 aliphatic rings. The van der Waals surface area contributed by atoms with Gasteiger partial charge in [-0.2, -0.15) is 5.26 Å². The summed E-state index contributed by atoms with van der Waals surface area (Å²) in [5.74, 6) is 2.11. The van der Waals surface area contributed by atoms with Crippen molar-refractivity contribution >= 4 is 22.3 Å². The molecular formula is C28H32N4O4S. The van der Waals surface area contributed by atoms with Gasteiger partial charge in [0.25, 0.3) is 0 Å². The molecule has 1 saturated carbocycles. The van der Waals surface area contributed by atoms with Crippen molar-refractivity contribution in [1.29, 1.82) is 5.26 Å². The van der Waals surface area contributed by atoms with Gasteiger partial charge >= 0.3 is 0 Å². The first kappa shape index (κ1) is 25.6. The fourth-order valence-corrected chi connectivity index (χ4v) is 6.28. The number of nitrogens with zero attached hydrogens (tertiary/aromatic N) is 3. The van der Waals surface area contributed by atoms with Gasteiger partial charge in [0.05, 0.1) is 35.6 Å². The number of nitriles is 1. The third-order valence-corrected chi connectivity index (χ3v) is 8.52. The predicted octanol–water partition coefficient (Wildman–Crippen LogP) is 3.98. The summed E-state index contributed by atoms with van der Waals surface area (Å²) in [7, 11) is 3.78. The van der Waals surface area contributed by atoms with Crippen molar-refractivity contribution in [3.05, 3.63) is 53.7 Å². The van der Waals surface area contributed by atoms with E-state index in [2.05, 4.69) is 27.7 Å². The highest BCUT2D eigenvalue weighted by molar-refractivity contribution is 7.89. The van der Waals surface area contributed by atoms with Crippen LogP contribution >= 0.6 is 0 Å². The number of likely N-dealkylation sites (N-methyl/N-ethyl adjacent to an activating group) is 1. The zero-order valence-electron chi connectivity index (χ0n) is 21.2. The number of pyridine rings is 1. The van der Waals surface area contributed by atoms with Crippen LogP contribution in [0.25, 0.3) is 10.9 Å². The van der Waals surface area contributed by atoms with E-state index in [1.54, 1.807) is 13.3 Å². The average Bonchev–Trinajstić information content (AvgIpc) is 2.95. The molecule has 0 saturated heterocycles. The third kappa shape index (κ3) is 5.78. The third-order valence-electron chi connectivity index (χ3n) is 7.29. The van der Waals surface area contributed by atoms with E-state index >= 15 is 0 Å². The lowest BCUT2D eigenvalue weighted by Crippen LogP contribution is -2.45. The minimum atomic E-state index is -1.32. The van der Waals surface area contributed by atoms with Crippen LogP contribution in [0.2, 0.25) is 0 Å². The van der Waals surface area contributed by atoms with Gasteiger partial charge in [0.15, 0.2) is 16.4 Å². The number of fused-ring (bicyclic) bond motifs is 2. The Balaban J connectivity index is 1.22. The van der Waals surface area contributed by atoms with Crippen molar-refractivity contribution in [3.63, 3.8) is 0 Å². The summed E-state index contributed by atoms with van der Waals surface area (Å²) in [6, 6.07) is 14.1. The summed E-state index contributed by atoms with van der Waals surface area (Å²) in [5.41, 5.74) is 2.47. The highest BCUT2D eigenvalue weighted by atomic mass is 32.2. The molecule has 0 amide bonds. The Bertz CT molecular complexity index is 1300. The van der Waals surface area contributed by atoms with Crippen LogP contribution in [0, 0.1) is 11.3 Å². The lowest BCUT2D eigenvalue weighted by molar-refractivity contribution is 0.171. The molecule has 2 aromatic carbocycles. The normalized spacial score (nSPS) is 20.0. The van der Waals surface area contributed by atoms with Crippen molar-refractivity contribution in [2.24, 2.45) is 0 Å². The Kier molecular flexibility index (Phi) is 8.01. The van der Waals surface area contributed by atoms with Crippen LogP contribution in [0.5, 0.6) is 17.2 Å². The van der Waals surface area contributed by atoms with Gasteiger partial charge in [-0.1, -0.05) is 6.42 Å². The highest BCUT2D eigenvalue weighted by Gasteiger charge is 2.29. The molecule has 1 fully saturated rings. The first-order valence-corrected chi connectivity index (χ1v) is 13.8. The predicted molar refractivity (Wildman–Crippen MR) is 142 cm³/mol. The number of hydrogen-bond acceptors (Lipinski definition) is 8. The largest absolute Gasteiger partial charge is 0.593 e. The van der Waals surface area contributed by atoms with Gasteiger partial charge in [0.1, 0.15) is 25.0 Å². The van der Waals surface area contributed by atoms with Crippen molar-refractivity contribution in [3.8, 4) is 23.3 Å². The van der Waals surface area contributed by atoms with Gasteiger partial charge in [0, 0.05) is 30.2 Å². The van der Waals surface area contributed by atoms with E-state index in [1.165, 1.54) is 0 Å². The summed E-state index contributed by atoms with van der Waals surface area (Å²) in [6.45, 7) is 1.85. The SMILES string of the molecule is COc1ccc2ncc(C#N)c(CCN(C)C3CCCC(N[S+]([O-])c4ccc5c(c4)OCCO5)C3)c2c1. The molecule has 5 rings (SSSR count). The standard InChI is InChI=1S/C28H32N4O4S/c1-32(11-10-24-19(17-29)18-30-26-8-6-22(34-2)15-25(24)26)21-5-3-4-20(14-21)31-37(33)23-7-9-27-28(16-23)36-13-12-35-27/h6-9,15-16,18,20-21,31H,3-5,10-14H2,1-2H3. The summed E-state index contributed by atoms with van der Waals surface area (Å²) in [6.07, 6.45) is 6.49. The van der Waals surface area contributed by atoms with Crippen molar-refractivity contribution in [2.75, 3.05) is 33.9 Å². The molecule has 3 unspecified atom stereocenters. The number of methoxy groups -OCH3 is 1. The summed E-state index contributed by atoms with van der Waals surface area (Å²) in [5, 5.41) is 10.7. The maximum Gasteiger partial charge on any atom is 0.177 e. The molecule has 3 atom stereocenters. The summed E-state index contributed by atoms with van der Waals surface area (Å²) in [4.78, 5) is 7.52. The van der Waals surface area contributed by atoms with Crippen molar-refractivity contribution in [2.45, 2.75) is 49.1 Å². The maximum absolute atomic E-state index is 13.1. The molecular weight excluding hydrogens is 488 g/mol. The minimum Gasteiger partial charge on any atom is -0.593 e. The molecule has 0 spiro atoms. The van der Waals surface area contributed by atoms with E-state index in [9.17, 15) is 9.81 Å². The van der Waals surface area contributed by atoms with Crippen molar-refractivity contribution < 1.29 is 18.8 Å². The molecule has 2 heterocycles. The van der Waals surface area contributed by atoms with Crippen LogP contribution in [0.3, 0.4) is 0 Å². The molecule has 3 aromatic rings. The number of aromatic nitrogens is 1. The van der Waals surface area contributed by atoms with Gasteiger partial charge in [0.2, 0.25) is 0 Å². The zero-order valence-corrected chi connectivity index (χ0v) is 22.1. The monoisotopic (exact) mass is 520 g/mol. The fraction of sp³-hybridized carbons (Fsp3) is 0.429. The Morgan fingerprint density at radius 1 is 1.19 bits per heavy atom. The average molecular weight is 521 g/mol. The van der Waals surface area contributed by atoms with E-state index in [0.29, 0.717) is 41.2 Å². The Morgan fingerprint density at radius 3 is 2.84 bits per heavy atom. The quantitative estimate of drug-likeness (QED) is 0.445. The molecule has 1 N–H and O–H groups in total. The molecule has 1 aliphatic heterocycles. The molecule has 37 heavy (non-hydrogen) atoms. The number of benzene rings is 2. The topological polar surface area (TPSA) is 103 Å². The summed E-state index contributed by atoms with van der Waals surface area (Å²) >= 11 is -1.32. The van der Waals surface area contributed by atoms with Gasteiger partial charge in [-0.15, -0.1) is 4.72 Å². The van der Waals surface area contributed by atoms with Crippen LogP contribution < -0.4 is 18.9 Å². The van der Waals surface area contributed by atoms with E-state index in [1.807, 2.05) is 36.4 Å². The second kappa shape index (κ2) is 11.6. The molecule has 9 heteroatoms. The number of hydrogen-bond donors (Lipinski definition) is 1. The lowest BCUT2D eigenvalue weighted by Gasteiger charge is -2.35. The van der Waals surface area contributed by atoms with Crippen LogP contribution in [-0.2, 0) is 17.8 Å². The lowest BCUT2D eigenvalue weighted by atomic mass is 9.90. The Labute approximate surface area is 220 Å². The van der Waals surface area contributed by atoms with Crippen LogP contribution in [0.1, 0.15) is 36.8 Å². The van der Waals surface area contributed by atoms with Crippen LogP contribution in [0.15, 0.2) is 47.5 Å². The maximum atomic E-state index is 13.1. The number of rotatable bonds is 8. The van der Waals surface area contributed by atoms with E-state index < -0.39 is 11.4 Å². The zero-order chi connectivity index (χ0) is 25.8. The second-order valence-corrected chi connectivity index (χ2v) is 10.8. The molecule has 0 bridgehead atoms. The Morgan fingerprint density at radius 2 is 2.03 bits per heavy atom. The second-order valence-electron chi connectivity index (χ2n) is 9.59. The molecule has 1 aromatic heterocycles. The molecule has 1 aliphatic carbocycles. The van der Waals surface area contributed by atoms with Gasteiger partial charge in [-0.3, -0.25) is 4.98 Å². The van der Waals surface area contributed by atoms with Crippen LogP contribution in [0.4, 0.5) is 0 Å². The van der Waals surface area contributed by atoms with Crippen LogP contribution in [-0.4, -0.2) is 60.4 Å². The molecule has 8 nitrogen and oxygen atoms in total. The first-order chi connectivity index (χ1) is 18.1. The molecule has 0 radical (unpaired) electrons. The minimum absolute atomic E-state index is 0.163.